The number of Topliss-reactive ketones (excluding diaryl/α,β-unsaturated/α-hetero) is 1. The van der Waals surface area contributed by atoms with Gasteiger partial charge in [-0.3, -0.25) is 4.79 Å². The van der Waals surface area contributed by atoms with Gasteiger partial charge in [0, 0.05) is 5.56 Å². The van der Waals surface area contributed by atoms with Gasteiger partial charge in [-0.1, -0.05) is 30.3 Å². The van der Waals surface area contributed by atoms with E-state index in [2.05, 4.69) is 4.74 Å². The lowest BCUT2D eigenvalue weighted by molar-refractivity contribution is -0.131. The molecule has 0 unspecified atom stereocenters. The number of aliphatic hydroxyl groups excluding tert-OH is 2. The Hall–Kier alpha value is -1.76. The Labute approximate surface area is 104 Å². The average molecular weight is 256 g/mol. The van der Waals surface area contributed by atoms with Crippen LogP contribution in [0, 0.1) is 0 Å². The van der Waals surface area contributed by atoms with Crippen LogP contribution in [0.3, 0.4) is 0 Å². The summed E-state index contributed by atoms with van der Waals surface area (Å²) in [7, 11) is 0. The molecule has 1 aromatic rings. The predicted octanol–water partition coefficient (Wildman–Crippen LogP) is -0.0585. The summed E-state index contributed by atoms with van der Waals surface area (Å²) in [6.07, 6.45) is 0. The van der Waals surface area contributed by atoms with Gasteiger partial charge in [-0.25, -0.2) is 4.79 Å². The lowest BCUT2D eigenvalue weighted by Crippen LogP contribution is -2.12. The van der Waals surface area contributed by atoms with Crippen LogP contribution in [0.2, 0.25) is 0 Å². The third-order valence-corrected chi connectivity index (χ3v) is 1.70. The van der Waals surface area contributed by atoms with Crippen molar-refractivity contribution in [2.24, 2.45) is 0 Å². The molecular weight excluding hydrogens is 240 g/mol. The zero-order chi connectivity index (χ0) is 13.8. The van der Waals surface area contributed by atoms with Crippen molar-refractivity contribution in [3.05, 3.63) is 35.9 Å². The van der Waals surface area contributed by atoms with Gasteiger partial charge in [-0.2, -0.15) is 0 Å². The van der Waals surface area contributed by atoms with Crippen LogP contribution in [-0.2, 0) is 9.53 Å². The molecular formula is C12H16O6. The number of aliphatic hydroxyl groups is 2. The molecule has 0 radical (unpaired) electrons. The van der Waals surface area contributed by atoms with Crippen LogP contribution >= 0.6 is 0 Å². The van der Waals surface area contributed by atoms with Crippen LogP contribution < -0.4 is 0 Å². The fourth-order valence-electron chi connectivity index (χ4n) is 0.944. The second-order valence-electron chi connectivity index (χ2n) is 3.06. The van der Waals surface area contributed by atoms with Crippen molar-refractivity contribution in [3.8, 4) is 0 Å². The molecule has 0 spiro atoms. The van der Waals surface area contributed by atoms with Crippen molar-refractivity contribution in [2.45, 2.75) is 0 Å². The minimum absolute atomic E-state index is 0.0278. The van der Waals surface area contributed by atoms with E-state index in [0.29, 0.717) is 13.2 Å². The van der Waals surface area contributed by atoms with Crippen LogP contribution in [0.25, 0.3) is 0 Å². The topological polar surface area (TPSA) is 104 Å². The van der Waals surface area contributed by atoms with Crippen molar-refractivity contribution in [3.63, 3.8) is 0 Å². The van der Waals surface area contributed by atoms with Gasteiger partial charge < -0.3 is 20.1 Å². The first-order valence-corrected chi connectivity index (χ1v) is 5.25. The first-order valence-electron chi connectivity index (χ1n) is 5.25. The molecule has 0 amide bonds. The Morgan fingerprint density at radius 2 is 1.50 bits per heavy atom. The van der Waals surface area contributed by atoms with Crippen molar-refractivity contribution in [1.82, 2.24) is 0 Å². The van der Waals surface area contributed by atoms with E-state index in [1.807, 2.05) is 0 Å². The van der Waals surface area contributed by atoms with Crippen LogP contribution in [0.5, 0.6) is 0 Å². The Bertz CT molecular complexity index is 345. The zero-order valence-electron chi connectivity index (χ0n) is 9.78. The number of carboxylic acids is 1. The summed E-state index contributed by atoms with van der Waals surface area (Å²) < 4.78 is 4.63. The van der Waals surface area contributed by atoms with Gasteiger partial charge in [-0.15, -0.1) is 0 Å². The minimum atomic E-state index is -1.42. The number of rotatable bonds is 6. The van der Waals surface area contributed by atoms with Gasteiger partial charge in [0.15, 0.2) is 0 Å². The van der Waals surface area contributed by atoms with Gasteiger partial charge in [0.25, 0.3) is 5.78 Å². The molecule has 0 aromatic heterocycles. The van der Waals surface area contributed by atoms with E-state index in [1.54, 1.807) is 18.2 Å². The third kappa shape index (κ3) is 7.50. The van der Waals surface area contributed by atoms with Crippen LogP contribution in [-0.4, -0.2) is 53.5 Å². The number of hydrogen-bond donors (Lipinski definition) is 3. The SMILES string of the molecule is O=C(O)C(=O)c1ccccc1.OCCOCCO. The summed E-state index contributed by atoms with van der Waals surface area (Å²) >= 11 is 0. The first kappa shape index (κ1) is 16.2. The summed E-state index contributed by atoms with van der Waals surface area (Å²) in [6.45, 7) is 0.696. The molecule has 6 nitrogen and oxygen atoms in total. The van der Waals surface area contributed by atoms with Gasteiger partial charge in [0.05, 0.1) is 26.4 Å². The molecule has 0 aliphatic heterocycles. The smallest absolute Gasteiger partial charge is 0.377 e. The first-order chi connectivity index (χ1) is 8.63. The van der Waals surface area contributed by atoms with E-state index in [1.165, 1.54) is 12.1 Å². The highest BCUT2D eigenvalue weighted by Gasteiger charge is 2.12. The van der Waals surface area contributed by atoms with E-state index in [4.69, 9.17) is 15.3 Å². The molecule has 18 heavy (non-hydrogen) atoms. The molecule has 0 saturated carbocycles. The number of carbonyl (C=O) groups is 2. The molecule has 1 rings (SSSR count). The lowest BCUT2D eigenvalue weighted by atomic mass is 10.1. The fraction of sp³-hybridized carbons (Fsp3) is 0.333. The predicted molar refractivity (Wildman–Crippen MR) is 63.4 cm³/mol. The Kier molecular flexibility index (Phi) is 9.38. The van der Waals surface area contributed by atoms with Gasteiger partial charge in [-0.05, 0) is 0 Å². The molecule has 0 saturated heterocycles. The van der Waals surface area contributed by atoms with E-state index < -0.39 is 11.8 Å². The van der Waals surface area contributed by atoms with Gasteiger partial charge in [0.1, 0.15) is 0 Å². The quantitative estimate of drug-likeness (QED) is 0.374. The van der Waals surface area contributed by atoms with E-state index in [0.717, 1.165) is 0 Å². The summed E-state index contributed by atoms with van der Waals surface area (Å²) in [5, 5.41) is 24.5. The monoisotopic (exact) mass is 256 g/mol. The Morgan fingerprint density at radius 1 is 1.00 bits per heavy atom. The maximum absolute atomic E-state index is 10.7. The molecule has 1 aromatic carbocycles. The highest BCUT2D eigenvalue weighted by molar-refractivity contribution is 6.39. The van der Waals surface area contributed by atoms with Crippen molar-refractivity contribution >= 4 is 11.8 Å². The number of hydrogen-bond acceptors (Lipinski definition) is 5. The summed E-state index contributed by atoms with van der Waals surface area (Å²) in [5.74, 6) is -2.29. The maximum Gasteiger partial charge on any atom is 0.377 e. The van der Waals surface area contributed by atoms with E-state index in [-0.39, 0.29) is 18.8 Å². The van der Waals surface area contributed by atoms with Crippen LogP contribution in [0.4, 0.5) is 0 Å². The van der Waals surface area contributed by atoms with E-state index >= 15 is 0 Å². The third-order valence-electron chi connectivity index (χ3n) is 1.70. The maximum atomic E-state index is 10.7. The molecule has 0 heterocycles. The number of carboxylic acid groups (broad SMARTS) is 1. The lowest BCUT2D eigenvalue weighted by Gasteiger charge is -1.94. The van der Waals surface area contributed by atoms with Crippen molar-refractivity contribution in [1.29, 1.82) is 0 Å². The van der Waals surface area contributed by atoms with Gasteiger partial charge in [0.2, 0.25) is 0 Å². The largest absolute Gasteiger partial charge is 0.475 e. The van der Waals surface area contributed by atoms with E-state index in [9.17, 15) is 9.59 Å². The zero-order valence-corrected chi connectivity index (χ0v) is 9.78. The molecule has 0 aliphatic rings. The highest BCUT2D eigenvalue weighted by Crippen LogP contribution is 1.98. The van der Waals surface area contributed by atoms with Crippen LogP contribution in [0.15, 0.2) is 30.3 Å². The second kappa shape index (κ2) is 10.4. The summed E-state index contributed by atoms with van der Waals surface area (Å²) in [6, 6.07) is 7.90. The Morgan fingerprint density at radius 3 is 1.89 bits per heavy atom. The number of carbonyl (C=O) groups excluding carboxylic acids is 1. The molecule has 0 bridgehead atoms. The van der Waals surface area contributed by atoms with Crippen molar-refractivity contribution in [2.75, 3.05) is 26.4 Å². The number of ketones is 1. The molecule has 0 aliphatic carbocycles. The molecule has 3 N–H and O–H groups in total. The standard InChI is InChI=1S/C8H6O3.C4H10O3/c9-7(8(10)11)6-4-2-1-3-5-6;5-1-3-7-4-2-6/h1-5H,(H,10,11);5-6H,1-4H2. The molecule has 100 valence electrons. The molecule has 0 atom stereocenters. The number of ether oxygens (including phenoxy) is 1. The van der Waals surface area contributed by atoms with Crippen LogP contribution in [0.1, 0.15) is 10.4 Å². The second-order valence-corrected chi connectivity index (χ2v) is 3.06. The minimum Gasteiger partial charge on any atom is -0.475 e. The molecule has 6 heteroatoms. The normalized spacial score (nSPS) is 9.22. The average Bonchev–Trinajstić information content (AvgIpc) is 2.40. The number of aliphatic carboxylic acids is 1. The highest BCUT2D eigenvalue weighted by atomic mass is 16.5. The summed E-state index contributed by atoms with van der Waals surface area (Å²) in [4.78, 5) is 20.9. The van der Waals surface area contributed by atoms with Crippen molar-refractivity contribution < 1.29 is 29.6 Å². The summed E-state index contributed by atoms with van der Waals surface area (Å²) in [5.41, 5.74) is 0.208. The Balaban J connectivity index is 0.000000360. The fourth-order valence-corrected chi connectivity index (χ4v) is 0.944. The van der Waals surface area contributed by atoms with Gasteiger partial charge >= 0.3 is 5.97 Å². The molecule has 0 fully saturated rings. The number of benzene rings is 1.